The quantitative estimate of drug-likeness (QED) is 0.530. The molecule has 0 fully saturated rings. The Balaban J connectivity index is 2.48. The molecule has 0 aromatic carbocycles. The second-order valence-electron chi connectivity index (χ2n) is 1.61. The molecule has 44 valence electrons. The number of rotatable bonds is 1. The summed E-state index contributed by atoms with van der Waals surface area (Å²) >= 11 is 0. The summed E-state index contributed by atoms with van der Waals surface area (Å²) in [5.74, 6) is -1.24. The number of carbonyl (C=O) groups is 1. The predicted molar refractivity (Wildman–Crippen MR) is 26.2 cm³/mol. The van der Waals surface area contributed by atoms with Crippen molar-refractivity contribution in [3.8, 4) is 0 Å². The van der Waals surface area contributed by atoms with E-state index >= 15 is 0 Å². The fourth-order valence-corrected chi connectivity index (χ4v) is 0.519. The van der Waals surface area contributed by atoms with Gasteiger partial charge in [0.15, 0.2) is 0 Å². The Morgan fingerprint density at radius 2 is 2.62 bits per heavy atom. The standard InChI is InChI=1S/C5H6O3/c6-5(7)4-1-2-8-3-4/h1-2,4H,3H2,(H,6,7). The van der Waals surface area contributed by atoms with E-state index in [2.05, 4.69) is 4.74 Å². The summed E-state index contributed by atoms with van der Waals surface area (Å²) in [5, 5.41) is 8.28. The van der Waals surface area contributed by atoms with E-state index in [1.165, 1.54) is 12.3 Å². The molecule has 1 atom stereocenters. The lowest BCUT2D eigenvalue weighted by Gasteiger charge is -1.95. The van der Waals surface area contributed by atoms with Crippen molar-refractivity contribution in [2.75, 3.05) is 6.61 Å². The number of carboxylic acid groups (broad SMARTS) is 1. The maximum Gasteiger partial charge on any atom is 0.313 e. The molecule has 0 bridgehead atoms. The smallest absolute Gasteiger partial charge is 0.313 e. The molecular weight excluding hydrogens is 108 g/mol. The van der Waals surface area contributed by atoms with Gasteiger partial charge in [-0.2, -0.15) is 0 Å². The third kappa shape index (κ3) is 0.804. The minimum Gasteiger partial charge on any atom is -0.500 e. The average Bonchev–Trinajstić information content (AvgIpc) is 2.12. The zero-order chi connectivity index (χ0) is 5.98. The van der Waals surface area contributed by atoms with Gasteiger partial charge < -0.3 is 9.84 Å². The normalized spacial score (nSPS) is 25.2. The first-order chi connectivity index (χ1) is 3.80. The molecule has 1 rings (SSSR count). The lowest BCUT2D eigenvalue weighted by atomic mass is 10.2. The van der Waals surface area contributed by atoms with E-state index in [-0.39, 0.29) is 6.61 Å². The molecule has 0 aromatic rings. The van der Waals surface area contributed by atoms with Crippen molar-refractivity contribution in [1.82, 2.24) is 0 Å². The van der Waals surface area contributed by atoms with Gasteiger partial charge in [-0.15, -0.1) is 0 Å². The first-order valence-corrected chi connectivity index (χ1v) is 2.32. The number of aliphatic carboxylic acids is 1. The zero-order valence-electron chi connectivity index (χ0n) is 4.20. The van der Waals surface area contributed by atoms with Gasteiger partial charge in [0.05, 0.1) is 6.26 Å². The van der Waals surface area contributed by atoms with E-state index in [0.717, 1.165) is 0 Å². The highest BCUT2D eigenvalue weighted by Crippen LogP contribution is 2.06. The van der Waals surface area contributed by atoms with Gasteiger partial charge in [-0.25, -0.2) is 0 Å². The molecule has 0 radical (unpaired) electrons. The SMILES string of the molecule is O=C(O)C1C=COC1. The minimum absolute atomic E-state index is 0.287. The second-order valence-corrected chi connectivity index (χ2v) is 1.61. The van der Waals surface area contributed by atoms with Crippen LogP contribution in [0.4, 0.5) is 0 Å². The van der Waals surface area contributed by atoms with Crippen molar-refractivity contribution in [2.45, 2.75) is 0 Å². The molecular formula is C5H6O3. The number of hydrogen-bond donors (Lipinski definition) is 1. The molecule has 1 heterocycles. The molecule has 3 heteroatoms. The third-order valence-corrected chi connectivity index (χ3v) is 1.00. The van der Waals surface area contributed by atoms with Crippen molar-refractivity contribution >= 4 is 5.97 Å². The van der Waals surface area contributed by atoms with Crippen molar-refractivity contribution in [1.29, 1.82) is 0 Å². The number of ether oxygens (including phenoxy) is 1. The van der Waals surface area contributed by atoms with Crippen LogP contribution in [0.15, 0.2) is 12.3 Å². The molecule has 0 amide bonds. The summed E-state index contributed by atoms with van der Waals surface area (Å²) in [5.41, 5.74) is 0. The van der Waals surface area contributed by atoms with E-state index in [4.69, 9.17) is 5.11 Å². The Morgan fingerprint density at radius 3 is 2.88 bits per heavy atom. The van der Waals surface area contributed by atoms with Crippen LogP contribution < -0.4 is 0 Å². The predicted octanol–water partition coefficient (Wildman–Crippen LogP) is 0.231. The Morgan fingerprint density at radius 1 is 1.88 bits per heavy atom. The molecule has 0 aromatic heterocycles. The molecule has 0 saturated carbocycles. The largest absolute Gasteiger partial charge is 0.500 e. The highest BCUT2D eigenvalue weighted by molar-refractivity contribution is 5.72. The summed E-state index contributed by atoms with van der Waals surface area (Å²) in [6, 6.07) is 0. The topological polar surface area (TPSA) is 46.5 Å². The van der Waals surface area contributed by atoms with Crippen molar-refractivity contribution in [3.05, 3.63) is 12.3 Å². The van der Waals surface area contributed by atoms with E-state index in [1.54, 1.807) is 0 Å². The summed E-state index contributed by atoms with van der Waals surface area (Å²) < 4.78 is 4.66. The van der Waals surface area contributed by atoms with E-state index in [1.807, 2.05) is 0 Å². The summed E-state index contributed by atoms with van der Waals surface area (Å²) in [7, 11) is 0. The second kappa shape index (κ2) is 1.86. The average molecular weight is 114 g/mol. The van der Waals surface area contributed by atoms with Gasteiger partial charge in [-0.1, -0.05) is 0 Å². The van der Waals surface area contributed by atoms with Crippen LogP contribution in [-0.4, -0.2) is 17.7 Å². The van der Waals surface area contributed by atoms with E-state index in [0.29, 0.717) is 0 Å². The van der Waals surface area contributed by atoms with Gasteiger partial charge in [-0.05, 0) is 6.08 Å². The highest BCUT2D eigenvalue weighted by Gasteiger charge is 2.17. The van der Waals surface area contributed by atoms with Crippen LogP contribution in [0.1, 0.15) is 0 Å². The molecule has 8 heavy (non-hydrogen) atoms. The zero-order valence-corrected chi connectivity index (χ0v) is 4.20. The van der Waals surface area contributed by atoms with Gasteiger partial charge in [0, 0.05) is 0 Å². The first-order valence-electron chi connectivity index (χ1n) is 2.32. The fourth-order valence-electron chi connectivity index (χ4n) is 0.519. The monoisotopic (exact) mass is 114 g/mol. The molecule has 1 unspecified atom stereocenters. The molecule has 3 nitrogen and oxygen atoms in total. The Bertz CT molecular complexity index is 128. The Labute approximate surface area is 46.6 Å². The molecule has 1 aliphatic heterocycles. The first kappa shape index (κ1) is 5.15. The third-order valence-electron chi connectivity index (χ3n) is 1.00. The van der Waals surface area contributed by atoms with Crippen molar-refractivity contribution < 1.29 is 14.6 Å². The van der Waals surface area contributed by atoms with Crippen molar-refractivity contribution in [3.63, 3.8) is 0 Å². The molecule has 0 aliphatic carbocycles. The van der Waals surface area contributed by atoms with Crippen LogP contribution in [0.5, 0.6) is 0 Å². The van der Waals surface area contributed by atoms with Gasteiger partial charge in [-0.3, -0.25) is 4.79 Å². The number of hydrogen-bond acceptors (Lipinski definition) is 2. The molecule has 1 N–H and O–H groups in total. The molecule has 1 aliphatic rings. The fraction of sp³-hybridized carbons (Fsp3) is 0.400. The van der Waals surface area contributed by atoms with Gasteiger partial charge >= 0.3 is 5.97 Å². The maximum atomic E-state index is 10.1. The van der Waals surface area contributed by atoms with Crippen LogP contribution in [-0.2, 0) is 9.53 Å². The van der Waals surface area contributed by atoms with Crippen molar-refractivity contribution in [2.24, 2.45) is 5.92 Å². The van der Waals surface area contributed by atoms with Crippen LogP contribution in [0.25, 0.3) is 0 Å². The van der Waals surface area contributed by atoms with Crippen LogP contribution in [0.3, 0.4) is 0 Å². The maximum absolute atomic E-state index is 10.1. The van der Waals surface area contributed by atoms with Crippen LogP contribution in [0, 0.1) is 5.92 Å². The lowest BCUT2D eigenvalue weighted by molar-refractivity contribution is -0.140. The summed E-state index contributed by atoms with van der Waals surface area (Å²) in [4.78, 5) is 10.1. The van der Waals surface area contributed by atoms with E-state index in [9.17, 15) is 4.79 Å². The summed E-state index contributed by atoms with van der Waals surface area (Å²) in [6.07, 6.45) is 2.95. The molecule has 0 saturated heterocycles. The van der Waals surface area contributed by atoms with Crippen LogP contribution >= 0.6 is 0 Å². The molecule has 0 spiro atoms. The highest BCUT2D eigenvalue weighted by atomic mass is 16.5. The Kier molecular flexibility index (Phi) is 1.20. The van der Waals surface area contributed by atoms with Gasteiger partial charge in [0.2, 0.25) is 0 Å². The van der Waals surface area contributed by atoms with E-state index < -0.39 is 11.9 Å². The lowest BCUT2D eigenvalue weighted by Crippen LogP contribution is -2.11. The van der Waals surface area contributed by atoms with Crippen LogP contribution in [0.2, 0.25) is 0 Å². The van der Waals surface area contributed by atoms with Gasteiger partial charge in [0.25, 0.3) is 0 Å². The number of carboxylic acids is 1. The minimum atomic E-state index is -0.821. The van der Waals surface area contributed by atoms with Gasteiger partial charge in [0.1, 0.15) is 12.5 Å². The Hall–Kier alpha value is -0.990. The summed E-state index contributed by atoms with van der Waals surface area (Å²) in [6.45, 7) is 0.287.